The number of hydrogen-bond acceptors (Lipinski definition) is 2. The van der Waals surface area contributed by atoms with Gasteiger partial charge in [-0.15, -0.1) is 0 Å². The van der Waals surface area contributed by atoms with Crippen molar-refractivity contribution in [2.24, 2.45) is 0 Å². The molecular weight excluding hydrogens is 305 g/mol. The van der Waals surface area contributed by atoms with Crippen molar-refractivity contribution in [3.05, 3.63) is 58.1 Å². The molecule has 21 heavy (non-hydrogen) atoms. The summed E-state index contributed by atoms with van der Waals surface area (Å²) in [7, 11) is 0. The molecule has 3 rings (SSSR count). The smallest absolute Gasteiger partial charge is 0.0727 e. The topological polar surface area (TPSA) is 21.3 Å². The maximum atomic E-state index is 6.13. The third kappa shape index (κ3) is 3.58. The summed E-state index contributed by atoms with van der Waals surface area (Å²) in [5.41, 5.74) is 3.37. The van der Waals surface area contributed by atoms with Gasteiger partial charge < -0.3 is 10.1 Å². The third-order valence-electron chi connectivity index (χ3n) is 3.74. The molecule has 2 aromatic carbocycles. The van der Waals surface area contributed by atoms with Gasteiger partial charge in [0.15, 0.2) is 0 Å². The van der Waals surface area contributed by atoms with Crippen LogP contribution < -0.4 is 5.32 Å². The molecule has 1 saturated heterocycles. The molecule has 0 aromatic heterocycles. The van der Waals surface area contributed by atoms with Crippen molar-refractivity contribution < 1.29 is 4.74 Å². The zero-order valence-electron chi connectivity index (χ0n) is 11.6. The number of halogens is 2. The van der Waals surface area contributed by atoms with Crippen LogP contribution in [0.3, 0.4) is 0 Å². The minimum Gasteiger partial charge on any atom is -0.372 e. The molecule has 1 aliphatic heterocycles. The lowest BCUT2D eigenvalue weighted by Gasteiger charge is -2.14. The molecule has 1 unspecified atom stereocenters. The first-order valence-corrected chi connectivity index (χ1v) is 7.85. The zero-order chi connectivity index (χ0) is 14.7. The molecule has 1 heterocycles. The van der Waals surface area contributed by atoms with Crippen LogP contribution in [0.1, 0.15) is 12.0 Å². The van der Waals surface area contributed by atoms with E-state index in [2.05, 4.69) is 17.4 Å². The predicted molar refractivity (Wildman–Crippen MR) is 88.0 cm³/mol. The Hall–Kier alpha value is -1.06. The SMILES string of the molecule is Clc1ccc(-c2ccccc2COC2CCNC2)cc1Cl. The quantitative estimate of drug-likeness (QED) is 0.892. The summed E-state index contributed by atoms with van der Waals surface area (Å²) in [4.78, 5) is 0. The molecule has 1 aliphatic rings. The van der Waals surface area contributed by atoms with Gasteiger partial charge >= 0.3 is 0 Å². The zero-order valence-corrected chi connectivity index (χ0v) is 13.1. The van der Waals surface area contributed by atoms with Gasteiger partial charge in [0.05, 0.1) is 22.8 Å². The fourth-order valence-corrected chi connectivity index (χ4v) is 2.87. The Balaban J connectivity index is 1.82. The summed E-state index contributed by atoms with van der Waals surface area (Å²) in [6.07, 6.45) is 1.39. The maximum Gasteiger partial charge on any atom is 0.0727 e. The van der Waals surface area contributed by atoms with Gasteiger partial charge in [0.25, 0.3) is 0 Å². The molecule has 4 heteroatoms. The molecule has 0 amide bonds. The highest BCUT2D eigenvalue weighted by Crippen LogP contribution is 2.30. The summed E-state index contributed by atoms with van der Waals surface area (Å²) in [5, 5.41) is 4.46. The molecule has 0 aliphatic carbocycles. The first kappa shape index (κ1) is 14.9. The highest BCUT2D eigenvalue weighted by atomic mass is 35.5. The minimum atomic E-state index is 0.312. The van der Waals surface area contributed by atoms with Gasteiger partial charge in [-0.05, 0) is 41.8 Å². The van der Waals surface area contributed by atoms with E-state index in [-0.39, 0.29) is 0 Å². The second kappa shape index (κ2) is 6.80. The highest BCUT2D eigenvalue weighted by Gasteiger charge is 2.15. The van der Waals surface area contributed by atoms with E-state index in [1.54, 1.807) is 0 Å². The molecule has 2 nitrogen and oxygen atoms in total. The lowest BCUT2D eigenvalue weighted by molar-refractivity contribution is 0.0545. The Morgan fingerprint density at radius 1 is 1.10 bits per heavy atom. The summed E-state index contributed by atoms with van der Waals surface area (Å²) in [5.74, 6) is 0. The van der Waals surface area contributed by atoms with E-state index < -0.39 is 0 Å². The van der Waals surface area contributed by atoms with Crippen LogP contribution in [0.4, 0.5) is 0 Å². The Labute approximate surface area is 135 Å². The van der Waals surface area contributed by atoms with Gasteiger partial charge in [-0.1, -0.05) is 53.5 Å². The van der Waals surface area contributed by atoms with Gasteiger partial charge in [0.1, 0.15) is 0 Å². The van der Waals surface area contributed by atoms with Crippen LogP contribution in [0.25, 0.3) is 11.1 Å². The van der Waals surface area contributed by atoms with Crippen molar-refractivity contribution >= 4 is 23.2 Å². The van der Waals surface area contributed by atoms with Crippen molar-refractivity contribution in [3.8, 4) is 11.1 Å². The average Bonchev–Trinajstić information content (AvgIpc) is 3.02. The van der Waals surface area contributed by atoms with Gasteiger partial charge in [-0.3, -0.25) is 0 Å². The van der Waals surface area contributed by atoms with Crippen LogP contribution in [-0.2, 0) is 11.3 Å². The second-order valence-corrected chi connectivity index (χ2v) is 6.03. The Morgan fingerprint density at radius 3 is 2.71 bits per heavy atom. The molecule has 110 valence electrons. The number of hydrogen-bond donors (Lipinski definition) is 1. The van der Waals surface area contributed by atoms with E-state index in [0.717, 1.165) is 30.6 Å². The summed E-state index contributed by atoms with van der Waals surface area (Å²) in [6.45, 7) is 2.59. The van der Waals surface area contributed by atoms with Crippen LogP contribution in [0.15, 0.2) is 42.5 Å². The molecule has 1 N–H and O–H groups in total. The van der Waals surface area contributed by atoms with E-state index in [9.17, 15) is 0 Å². The first-order chi connectivity index (χ1) is 10.2. The van der Waals surface area contributed by atoms with E-state index >= 15 is 0 Å². The molecular formula is C17H17Cl2NO. The third-order valence-corrected chi connectivity index (χ3v) is 4.48. The predicted octanol–water partition coefficient (Wildman–Crippen LogP) is 4.54. The minimum absolute atomic E-state index is 0.312. The number of rotatable bonds is 4. The van der Waals surface area contributed by atoms with Gasteiger partial charge in [0.2, 0.25) is 0 Å². The highest BCUT2D eigenvalue weighted by molar-refractivity contribution is 6.42. The van der Waals surface area contributed by atoms with Crippen LogP contribution in [0.2, 0.25) is 10.0 Å². The largest absolute Gasteiger partial charge is 0.372 e. The molecule has 0 radical (unpaired) electrons. The standard InChI is InChI=1S/C17H17Cl2NO/c18-16-6-5-12(9-17(16)19)15-4-2-1-3-13(15)11-21-14-7-8-20-10-14/h1-6,9,14,20H,7-8,10-11H2. The van der Waals surface area contributed by atoms with Crippen LogP contribution in [0.5, 0.6) is 0 Å². The van der Waals surface area contributed by atoms with Crippen LogP contribution in [0, 0.1) is 0 Å². The van der Waals surface area contributed by atoms with Crippen LogP contribution >= 0.6 is 23.2 Å². The molecule has 0 spiro atoms. The van der Waals surface area contributed by atoms with Gasteiger partial charge in [-0.25, -0.2) is 0 Å². The van der Waals surface area contributed by atoms with Crippen molar-refractivity contribution in [3.63, 3.8) is 0 Å². The average molecular weight is 322 g/mol. The normalized spacial score (nSPS) is 18.1. The van der Waals surface area contributed by atoms with Crippen molar-refractivity contribution in [1.29, 1.82) is 0 Å². The van der Waals surface area contributed by atoms with E-state index in [0.29, 0.717) is 22.8 Å². The Morgan fingerprint density at radius 2 is 1.95 bits per heavy atom. The van der Waals surface area contributed by atoms with E-state index in [4.69, 9.17) is 27.9 Å². The first-order valence-electron chi connectivity index (χ1n) is 7.09. The second-order valence-electron chi connectivity index (χ2n) is 5.21. The number of benzene rings is 2. The number of ether oxygens (including phenoxy) is 1. The summed E-state index contributed by atoms with van der Waals surface area (Å²) < 4.78 is 5.98. The van der Waals surface area contributed by atoms with E-state index in [1.807, 2.05) is 30.3 Å². The van der Waals surface area contributed by atoms with Gasteiger partial charge in [-0.2, -0.15) is 0 Å². The molecule has 1 fully saturated rings. The monoisotopic (exact) mass is 321 g/mol. The molecule has 0 saturated carbocycles. The van der Waals surface area contributed by atoms with Crippen molar-refractivity contribution in [1.82, 2.24) is 5.32 Å². The maximum absolute atomic E-state index is 6.13. The summed E-state index contributed by atoms with van der Waals surface area (Å²) in [6, 6.07) is 14.0. The fraction of sp³-hybridized carbons (Fsp3) is 0.294. The molecule has 0 bridgehead atoms. The van der Waals surface area contributed by atoms with Crippen molar-refractivity contribution in [2.75, 3.05) is 13.1 Å². The molecule has 1 atom stereocenters. The Bertz CT molecular complexity index is 624. The fourth-order valence-electron chi connectivity index (χ4n) is 2.57. The lowest BCUT2D eigenvalue weighted by Crippen LogP contribution is -2.16. The molecule has 2 aromatic rings. The van der Waals surface area contributed by atoms with Crippen LogP contribution in [-0.4, -0.2) is 19.2 Å². The Kier molecular flexibility index (Phi) is 4.81. The van der Waals surface area contributed by atoms with Crippen molar-refractivity contribution in [2.45, 2.75) is 19.1 Å². The van der Waals surface area contributed by atoms with E-state index in [1.165, 1.54) is 5.56 Å². The summed E-state index contributed by atoms with van der Waals surface area (Å²) >= 11 is 12.1. The van der Waals surface area contributed by atoms with Gasteiger partial charge in [0, 0.05) is 6.54 Å². The lowest BCUT2D eigenvalue weighted by atomic mass is 10.0. The number of nitrogens with one attached hydrogen (secondary N) is 1.